The van der Waals surface area contributed by atoms with E-state index in [1.54, 1.807) is 12.4 Å². The van der Waals surface area contributed by atoms with E-state index in [1.807, 2.05) is 6.07 Å². The van der Waals surface area contributed by atoms with Crippen molar-refractivity contribution in [1.82, 2.24) is 9.88 Å². The highest BCUT2D eigenvalue weighted by molar-refractivity contribution is 5.64. The molecule has 4 heteroatoms. The second-order valence-electron chi connectivity index (χ2n) is 3.94. The second kappa shape index (κ2) is 4.98. The summed E-state index contributed by atoms with van der Waals surface area (Å²) in [6, 6.07) is 1.92. The molecule has 4 nitrogen and oxygen atoms in total. The van der Waals surface area contributed by atoms with E-state index in [4.69, 9.17) is 5.73 Å². The van der Waals surface area contributed by atoms with Crippen LogP contribution in [-0.4, -0.2) is 36.1 Å². The van der Waals surface area contributed by atoms with Crippen LogP contribution >= 0.6 is 0 Å². The summed E-state index contributed by atoms with van der Waals surface area (Å²) in [4.78, 5) is 6.43. The Morgan fingerprint density at radius 2 is 2.20 bits per heavy atom. The van der Waals surface area contributed by atoms with Crippen LogP contribution in [0.5, 0.6) is 0 Å². The Hall–Kier alpha value is -1.29. The van der Waals surface area contributed by atoms with Crippen molar-refractivity contribution in [2.24, 2.45) is 0 Å². The zero-order valence-electron chi connectivity index (χ0n) is 8.95. The Labute approximate surface area is 90.5 Å². The molecule has 0 atom stereocenters. The molecule has 0 radical (unpaired) electrons. The van der Waals surface area contributed by atoms with Crippen LogP contribution in [-0.2, 0) is 0 Å². The van der Waals surface area contributed by atoms with Gasteiger partial charge < -0.3 is 16.0 Å². The van der Waals surface area contributed by atoms with Gasteiger partial charge in [0.05, 0.1) is 17.6 Å². The summed E-state index contributed by atoms with van der Waals surface area (Å²) >= 11 is 0. The van der Waals surface area contributed by atoms with Crippen molar-refractivity contribution in [3.63, 3.8) is 0 Å². The molecule has 0 unspecified atom stereocenters. The lowest BCUT2D eigenvalue weighted by Crippen LogP contribution is -2.26. The van der Waals surface area contributed by atoms with Crippen LogP contribution in [0.3, 0.4) is 0 Å². The molecule has 2 heterocycles. The molecule has 1 aliphatic heterocycles. The van der Waals surface area contributed by atoms with Crippen LogP contribution in [0.2, 0.25) is 0 Å². The number of nitrogens with zero attached hydrogens (tertiary/aromatic N) is 2. The number of rotatable bonds is 4. The summed E-state index contributed by atoms with van der Waals surface area (Å²) in [7, 11) is 0. The topological polar surface area (TPSA) is 54.2 Å². The molecule has 1 fully saturated rings. The molecule has 1 aromatic rings. The molecule has 15 heavy (non-hydrogen) atoms. The molecule has 1 aliphatic rings. The van der Waals surface area contributed by atoms with E-state index in [-0.39, 0.29) is 0 Å². The Balaban J connectivity index is 1.75. The first-order valence-electron chi connectivity index (χ1n) is 5.52. The fourth-order valence-corrected chi connectivity index (χ4v) is 1.92. The zero-order chi connectivity index (χ0) is 10.5. The molecule has 0 saturated carbocycles. The van der Waals surface area contributed by atoms with E-state index in [1.165, 1.54) is 25.9 Å². The second-order valence-corrected chi connectivity index (χ2v) is 3.94. The summed E-state index contributed by atoms with van der Waals surface area (Å²) in [5.74, 6) is 0. The number of anilines is 2. The maximum Gasteiger partial charge on any atom is 0.0736 e. The van der Waals surface area contributed by atoms with Gasteiger partial charge in [-0.3, -0.25) is 4.98 Å². The highest BCUT2D eigenvalue weighted by Gasteiger charge is 2.10. The molecular formula is C11H18N4. The van der Waals surface area contributed by atoms with Crippen LogP contribution < -0.4 is 11.1 Å². The highest BCUT2D eigenvalue weighted by Crippen LogP contribution is 2.14. The van der Waals surface area contributed by atoms with E-state index in [9.17, 15) is 0 Å². The van der Waals surface area contributed by atoms with Gasteiger partial charge >= 0.3 is 0 Å². The summed E-state index contributed by atoms with van der Waals surface area (Å²) < 4.78 is 0. The van der Waals surface area contributed by atoms with Gasteiger partial charge in [0.25, 0.3) is 0 Å². The van der Waals surface area contributed by atoms with Crippen LogP contribution in [0.4, 0.5) is 11.4 Å². The lowest BCUT2D eigenvalue weighted by molar-refractivity contribution is 0.353. The summed E-state index contributed by atoms with van der Waals surface area (Å²) in [5, 5.41) is 3.33. The maximum absolute atomic E-state index is 5.78. The number of nitrogens with one attached hydrogen (secondary N) is 1. The molecule has 1 aromatic heterocycles. The van der Waals surface area contributed by atoms with Crippen molar-refractivity contribution in [2.75, 3.05) is 37.2 Å². The number of nitrogen functional groups attached to an aromatic ring is 1. The van der Waals surface area contributed by atoms with E-state index in [0.29, 0.717) is 0 Å². The van der Waals surface area contributed by atoms with E-state index in [2.05, 4.69) is 15.2 Å². The first-order valence-corrected chi connectivity index (χ1v) is 5.52. The maximum atomic E-state index is 5.78. The number of hydrogen-bond donors (Lipinski definition) is 2. The summed E-state index contributed by atoms with van der Waals surface area (Å²) in [5.41, 5.74) is 7.49. The van der Waals surface area contributed by atoms with Crippen molar-refractivity contribution in [3.05, 3.63) is 18.5 Å². The zero-order valence-corrected chi connectivity index (χ0v) is 8.95. The molecule has 1 saturated heterocycles. The average molecular weight is 206 g/mol. The minimum absolute atomic E-state index is 0.721. The van der Waals surface area contributed by atoms with Crippen molar-refractivity contribution >= 4 is 11.4 Å². The third kappa shape index (κ3) is 2.83. The summed E-state index contributed by atoms with van der Waals surface area (Å²) in [6.07, 6.45) is 6.13. The van der Waals surface area contributed by atoms with E-state index in [0.717, 1.165) is 24.5 Å². The number of likely N-dealkylation sites (tertiary alicyclic amines) is 1. The predicted octanol–water partition coefficient (Wildman–Crippen LogP) is 1.17. The first-order chi connectivity index (χ1) is 7.36. The first kappa shape index (κ1) is 10.2. The number of aromatic nitrogens is 1. The average Bonchev–Trinajstić information content (AvgIpc) is 2.74. The Morgan fingerprint density at radius 1 is 1.40 bits per heavy atom. The molecular weight excluding hydrogens is 188 g/mol. The largest absolute Gasteiger partial charge is 0.396 e. The van der Waals surface area contributed by atoms with Crippen molar-refractivity contribution < 1.29 is 0 Å². The van der Waals surface area contributed by atoms with Gasteiger partial charge in [-0.2, -0.15) is 0 Å². The highest BCUT2D eigenvalue weighted by atomic mass is 15.1. The Morgan fingerprint density at radius 3 is 2.93 bits per heavy atom. The Bertz CT molecular complexity index is 307. The molecule has 0 amide bonds. The van der Waals surface area contributed by atoms with Crippen LogP contribution in [0.25, 0.3) is 0 Å². The standard InChI is InChI=1S/C11H18N4/c12-10-9-13-4-3-11(10)14-5-8-15-6-1-2-7-15/h3-4,9H,1-2,5-8,12H2,(H,13,14). The van der Waals surface area contributed by atoms with Crippen LogP contribution in [0, 0.1) is 0 Å². The summed E-state index contributed by atoms with van der Waals surface area (Å²) in [6.45, 7) is 4.54. The normalized spacial score (nSPS) is 16.8. The lowest BCUT2D eigenvalue weighted by Gasteiger charge is -2.15. The van der Waals surface area contributed by atoms with Gasteiger partial charge in [0.15, 0.2) is 0 Å². The minimum atomic E-state index is 0.721. The molecule has 2 rings (SSSR count). The smallest absolute Gasteiger partial charge is 0.0736 e. The fourth-order valence-electron chi connectivity index (χ4n) is 1.92. The quantitative estimate of drug-likeness (QED) is 0.776. The minimum Gasteiger partial charge on any atom is -0.396 e. The molecule has 3 N–H and O–H groups in total. The van der Waals surface area contributed by atoms with Crippen molar-refractivity contribution in [1.29, 1.82) is 0 Å². The number of hydrogen-bond acceptors (Lipinski definition) is 4. The Kier molecular flexibility index (Phi) is 3.40. The third-order valence-electron chi connectivity index (χ3n) is 2.79. The van der Waals surface area contributed by atoms with E-state index < -0.39 is 0 Å². The molecule has 0 aliphatic carbocycles. The third-order valence-corrected chi connectivity index (χ3v) is 2.79. The van der Waals surface area contributed by atoms with Gasteiger partial charge in [-0.1, -0.05) is 0 Å². The van der Waals surface area contributed by atoms with Crippen molar-refractivity contribution in [3.8, 4) is 0 Å². The van der Waals surface area contributed by atoms with Gasteiger partial charge in [-0.15, -0.1) is 0 Å². The van der Waals surface area contributed by atoms with Crippen LogP contribution in [0.15, 0.2) is 18.5 Å². The molecule has 0 spiro atoms. The lowest BCUT2D eigenvalue weighted by atomic mass is 10.3. The fraction of sp³-hybridized carbons (Fsp3) is 0.545. The predicted molar refractivity (Wildman–Crippen MR) is 62.8 cm³/mol. The van der Waals surface area contributed by atoms with Gasteiger partial charge in [-0.25, -0.2) is 0 Å². The monoisotopic (exact) mass is 206 g/mol. The molecule has 82 valence electrons. The SMILES string of the molecule is Nc1cnccc1NCCN1CCCC1. The van der Waals surface area contributed by atoms with Gasteiger partial charge in [0, 0.05) is 19.3 Å². The van der Waals surface area contributed by atoms with Gasteiger partial charge in [0.1, 0.15) is 0 Å². The van der Waals surface area contributed by atoms with Crippen molar-refractivity contribution in [2.45, 2.75) is 12.8 Å². The number of pyridine rings is 1. The number of nitrogens with two attached hydrogens (primary N) is 1. The van der Waals surface area contributed by atoms with E-state index >= 15 is 0 Å². The van der Waals surface area contributed by atoms with Gasteiger partial charge in [-0.05, 0) is 32.0 Å². The van der Waals surface area contributed by atoms with Crippen LogP contribution in [0.1, 0.15) is 12.8 Å². The molecule has 0 aromatic carbocycles. The van der Waals surface area contributed by atoms with Gasteiger partial charge in [0.2, 0.25) is 0 Å². The molecule has 0 bridgehead atoms.